The van der Waals surface area contributed by atoms with E-state index in [1.54, 1.807) is 36.4 Å². The third kappa shape index (κ3) is 3.87. The molecule has 0 amide bonds. The van der Waals surface area contributed by atoms with Crippen LogP contribution in [0.25, 0.3) is 11.0 Å². The molecular weight excluding hydrogens is 384 g/mol. The van der Waals surface area contributed by atoms with Crippen molar-refractivity contribution in [1.82, 2.24) is 0 Å². The van der Waals surface area contributed by atoms with Gasteiger partial charge in [0.2, 0.25) is 0 Å². The molecule has 4 rings (SSSR count). The van der Waals surface area contributed by atoms with Gasteiger partial charge in [0.25, 0.3) is 5.69 Å². The number of nitro groups is 1. The van der Waals surface area contributed by atoms with E-state index in [2.05, 4.69) is 5.32 Å². The van der Waals surface area contributed by atoms with Crippen LogP contribution in [0.15, 0.2) is 46.9 Å². The quantitative estimate of drug-likeness (QED) is 0.378. The zero-order valence-electron chi connectivity index (χ0n) is 16.8. The smallest absolute Gasteiger partial charge is 0.335 e. The molecule has 0 radical (unpaired) electrons. The van der Waals surface area contributed by atoms with Gasteiger partial charge in [-0.3, -0.25) is 10.1 Å². The van der Waals surface area contributed by atoms with Gasteiger partial charge in [0.15, 0.2) is 0 Å². The largest absolute Gasteiger partial charge is 0.478 e. The lowest BCUT2D eigenvalue weighted by molar-refractivity contribution is -0.384. The van der Waals surface area contributed by atoms with Gasteiger partial charge in [-0.15, -0.1) is 0 Å². The minimum atomic E-state index is -0.958. The summed E-state index contributed by atoms with van der Waals surface area (Å²) in [6.45, 7) is 1.94. The van der Waals surface area contributed by atoms with Crippen molar-refractivity contribution in [2.75, 3.05) is 5.32 Å². The summed E-state index contributed by atoms with van der Waals surface area (Å²) in [7, 11) is 0. The highest BCUT2D eigenvalue weighted by molar-refractivity contribution is 5.88. The molecule has 2 N–H and O–H groups in total. The van der Waals surface area contributed by atoms with Gasteiger partial charge in [0, 0.05) is 28.8 Å². The first-order valence-electron chi connectivity index (χ1n) is 10.2. The van der Waals surface area contributed by atoms with Crippen molar-refractivity contribution in [2.45, 2.75) is 45.1 Å². The van der Waals surface area contributed by atoms with Crippen LogP contribution in [0.2, 0.25) is 0 Å². The normalized spacial score (nSPS) is 15.8. The second-order valence-electron chi connectivity index (χ2n) is 7.93. The van der Waals surface area contributed by atoms with Crippen molar-refractivity contribution in [3.63, 3.8) is 0 Å². The summed E-state index contributed by atoms with van der Waals surface area (Å²) in [4.78, 5) is 21.9. The standard InChI is InChI=1S/C23H24N2O5/c1-14-19-13-18(25(28)29)11-12-20(19)30-22(14)21(15-5-3-2-4-6-15)24-17-9-7-16(8-10-17)23(26)27/h7-13,15,21,24H,2-6H2,1H3,(H,26,27). The molecule has 7 nitrogen and oxygen atoms in total. The van der Waals surface area contributed by atoms with E-state index in [1.807, 2.05) is 6.92 Å². The van der Waals surface area contributed by atoms with E-state index >= 15 is 0 Å². The number of non-ortho nitro benzene ring substituents is 1. The zero-order valence-corrected chi connectivity index (χ0v) is 16.8. The van der Waals surface area contributed by atoms with Crippen molar-refractivity contribution in [2.24, 2.45) is 5.92 Å². The van der Waals surface area contributed by atoms with Crippen LogP contribution in [0.4, 0.5) is 11.4 Å². The molecule has 1 saturated carbocycles. The molecule has 1 atom stereocenters. The number of nitro benzene ring substituents is 1. The van der Waals surface area contributed by atoms with Crippen LogP contribution in [0.3, 0.4) is 0 Å². The van der Waals surface area contributed by atoms with Crippen molar-refractivity contribution in [3.05, 3.63) is 69.5 Å². The zero-order chi connectivity index (χ0) is 21.3. The van der Waals surface area contributed by atoms with Crippen molar-refractivity contribution in [1.29, 1.82) is 0 Å². The number of anilines is 1. The molecule has 1 aromatic heterocycles. The average molecular weight is 408 g/mol. The lowest BCUT2D eigenvalue weighted by Gasteiger charge is -2.31. The number of benzene rings is 2. The number of nitrogens with one attached hydrogen (secondary N) is 1. The second kappa shape index (κ2) is 8.18. The summed E-state index contributed by atoms with van der Waals surface area (Å²) in [5, 5.41) is 24.6. The topological polar surface area (TPSA) is 106 Å². The number of hydrogen-bond donors (Lipinski definition) is 2. The SMILES string of the molecule is Cc1c(C(Nc2ccc(C(=O)O)cc2)C2CCCCC2)oc2ccc([N+](=O)[O-])cc12. The second-order valence-corrected chi connectivity index (χ2v) is 7.93. The van der Waals surface area contributed by atoms with Crippen molar-refractivity contribution >= 4 is 28.3 Å². The Hall–Kier alpha value is -3.35. The Balaban J connectivity index is 1.73. The number of carbonyl (C=O) groups is 1. The predicted octanol–water partition coefficient (Wildman–Crippen LogP) is 6.08. The van der Waals surface area contributed by atoms with Crippen LogP contribution in [0, 0.1) is 23.0 Å². The number of fused-ring (bicyclic) bond motifs is 1. The summed E-state index contributed by atoms with van der Waals surface area (Å²) in [5.41, 5.74) is 2.64. The molecule has 1 fully saturated rings. The third-order valence-corrected chi connectivity index (χ3v) is 6.03. The number of nitrogens with zero attached hydrogens (tertiary/aromatic N) is 1. The lowest BCUT2D eigenvalue weighted by atomic mass is 9.82. The summed E-state index contributed by atoms with van der Waals surface area (Å²) >= 11 is 0. The molecular formula is C23H24N2O5. The van der Waals surface area contributed by atoms with E-state index in [1.165, 1.54) is 12.5 Å². The highest BCUT2D eigenvalue weighted by Gasteiger charge is 2.30. The lowest BCUT2D eigenvalue weighted by Crippen LogP contribution is -2.23. The molecule has 1 heterocycles. The van der Waals surface area contributed by atoms with Gasteiger partial charge >= 0.3 is 5.97 Å². The van der Waals surface area contributed by atoms with E-state index in [9.17, 15) is 14.9 Å². The van der Waals surface area contributed by atoms with Gasteiger partial charge in [0.1, 0.15) is 11.3 Å². The van der Waals surface area contributed by atoms with Gasteiger partial charge in [-0.05, 0) is 56.0 Å². The first-order valence-corrected chi connectivity index (χ1v) is 10.2. The summed E-state index contributed by atoms with van der Waals surface area (Å²) in [6.07, 6.45) is 5.68. The molecule has 0 aliphatic heterocycles. The molecule has 156 valence electrons. The molecule has 1 aliphatic carbocycles. The molecule has 7 heteroatoms. The van der Waals surface area contributed by atoms with Crippen LogP contribution in [0.5, 0.6) is 0 Å². The van der Waals surface area contributed by atoms with E-state index in [4.69, 9.17) is 9.52 Å². The number of furan rings is 1. The number of rotatable bonds is 6. The van der Waals surface area contributed by atoms with Gasteiger partial charge in [-0.25, -0.2) is 4.79 Å². The number of aryl methyl sites for hydroxylation is 1. The highest BCUT2D eigenvalue weighted by atomic mass is 16.6. The Morgan fingerprint density at radius 2 is 1.87 bits per heavy atom. The monoisotopic (exact) mass is 408 g/mol. The van der Waals surface area contributed by atoms with E-state index in [0.29, 0.717) is 11.5 Å². The summed E-state index contributed by atoms with van der Waals surface area (Å²) < 4.78 is 6.20. The van der Waals surface area contributed by atoms with Crippen LogP contribution < -0.4 is 5.32 Å². The minimum Gasteiger partial charge on any atom is -0.478 e. The number of carboxylic acid groups (broad SMARTS) is 1. The number of aromatic carboxylic acids is 1. The van der Waals surface area contributed by atoms with Gasteiger partial charge in [-0.1, -0.05) is 19.3 Å². The first kappa shape index (κ1) is 19.9. The Morgan fingerprint density at radius 1 is 1.17 bits per heavy atom. The van der Waals surface area contributed by atoms with Gasteiger partial charge in [0.05, 0.1) is 16.5 Å². The molecule has 0 saturated heterocycles. The maximum atomic E-state index is 11.2. The molecule has 0 bridgehead atoms. The van der Waals surface area contributed by atoms with Crippen LogP contribution in [-0.4, -0.2) is 16.0 Å². The summed E-state index contributed by atoms with van der Waals surface area (Å²) in [5.74, 6) is 0.201. The molecule has 30 heavy (non-hydrogen) atoms. The third-order valence-electron chi connectivity index (χ3n) is 6.03. The maximum Gasteiger partial charge on any atom is 0.335 e. The van der Waals surface area contributed by atoms with Crippen LogP contribution in [0.1, 0.15) is 59.8 Å². The highest BCUT2D eigenvalue weighted by Crippen LogP contribution is 2.41. The van der Waals surface area contributed by atoms with E-state index in [-0.39, 0.29) is 17.3 Å². The maximum absolute atomic E-state index is 11.2. The van der Waals surface area contributed by atoms with Crippen molar-refractivity contribution in [3.8, 4) is 0 Å². The fourth-order valence-corrected chi connectivity index (χ4v) is 4.39. The predicted molar refractivity (Wildman–Crippen MR) is 114 cm³/mol. The minimum absolute atomic E-state index is 0.0457. The van der Waals surface area contributed by atoms with Crippen LogP contribution in [-0.2, 0) is 0 Å². The Labute approximate surface area is 173 Å². The van der Waals surface area contributed by atoms with Crippen LogP contribution >= 0.6 is 0 Å². The fraction of sp³-hybridized carbons (Fsp3) is 0.348. The average Bonchev–Trinajstić information content (AvgIpc) is 3.08. The summed E-state index contributed by atoms with van der Waals surface area (Å²) in [6, 6.07) is 11.3. The molecule has 0 spiro atoms. The van der Waals surface area contributed by atoms with Gasteiger partial charge < -0.3 is 14.8 Å². The van der Waals surface area contributed by atoms with Crippen molar-refractivity contribution < 1.29 is 19.2 Å². The molecule has 3 aromatic rings. The van der Waals surface area contributed by atoms with E-state index < -0.39 is 10.9 Å². The first-order chi connectivity index (χ1) is 14.4. The van der Waals surface area contributed by atoms with E-state index in [0.717, 1.165) is 48.1 Å². The Morgan fingerprint density at radius 3 is 2.50 bits per heavy atom. The Bertz CT molecular complexity index is 1080. The molecule has 1 aliphatic rings. The number of carboxylic acids is 1. The molecule has 2 aromatic carbocycles. The van der Waals surface area contributed by atoms with Gasteiger partial charge in [-0.2, -0.15) is 0 Å². The number of hydrogen-bond acceptors (Lipinski definition) is 5. The molecule has 1 unspecified atom stereocenters. The Kier molecular flexibility index (Phi) is 5.44. The fourth-order valence-electron chi connectivity index (χ4n) is 4.39.